The van der Waals surface area contributed by atoms with Crippen LogP contribution < -0.4 is 4.90 Å². The average molecular weight is 590 g/mol. The van der Waals surface area contributed by atoms with E-state index in [2.05, 4.69) is 30.9 Å². The highest BCUT2D eigenvalue weighted by Crippen LogP contribution is 2.41. The van der Waals surface area contributed by atoms with Crippen molar-refractivity contribution >= 4 is 17.7 Å². The third-order valence-corrected chi connectivity index (χ3v) is 8.15. The number of carbonyl (C=O) groups excluding carboxylic acids is 2. The zero-order chi connectivity index (χ0) is 31.1. The van der Waals surface area contributed by atoms with Gasteiger partial charge in [-0.15, -0.1) is 0 Å². The molecular weight excluding hydrogens is 545 g/mol. The smallest absolute Gasteiger partial charge is 0.410 e. The van der Waals surface area contributed by atoms with Gasteiger partial charge in [-0.3, -0.25) is 14.7 Å². The van der Waals surface area contributed by atoms with Gasteiger partial charge in [0, 0.05) is 48.7 Å². The van der Waals surface area contributed by atoms with Crippen molar-refractivity contribution in [1.82, 2.24) is 9.88 Å². The Labute approximate surface area is 255 Å². The first-order chi connectivity index (χ1) is 20.5. The third kappa shape index (κ3) is 8.12. The van der Waals surface area contributed by atoms with Gasteiger partial charge >= 0.3 is 12.1 Å². The summed E-state index contributed by atoms with van der Waals surface area (Å²) < 4.78 is 24.1. The lowest BCUT2D eigenvalue weighted by molar-refractivity contribution is -0.142. The Morgan fingerprint density at radius 3 is 2.00 bits per heavy atom. The number of carbonyl (C=O) groups is 2. The van der Waals surface area contributed by atoms with Crippen molar-refractivity contribution in [3.63, 3.8) is 0 Å². The lowest BCUT2D eigenvalue weighted by Gasteiger charge is -2.40. The molecule has 0 spiro atoms. The van der Waals surface area contributed by atoms with E-state index < -0.39 is 6.09 Å². The van der Waals surface area contributed by atoms with Gasteiger partial charge in [-0.2, -0.15) is 0 Å². The van der Waals surface area contributed by atoms with E-state index in [1.807, 2.05) is 32.9 Å². The second kappa shape index (κ2) is 14.0. The summed E-state index contributed by atoms with van der Waals surface area (Å²) in [5, 5.41) is 0. The van der Waals surface area contributed by atoms with Gasteiger partial charge in [-0.1, -0.05) is 50.2 Å². The van der Waals surface area contributed by atoms with Crippen LogP contribution in [0, 0.1) is 25.1 Å². The van der Waals surface area contributed by atoms with Crippen LogP contribution >= 0.6 is 0 Å². The maximum absolute atomic E-state index is 13.4. The molecule has 0 atom stereocenters. The number of aromatic nitrogens is 1. The predicted molar refractivity (Wildman–Crippen MR) is 167 cm³/mol. The van der Waals surface area contributed by atoms with E-state index in [-0.39, 0.29) is 30.2 Å². The summed E-state index contributed by atoms with van der Waals surface area (Å²) in [6.45, 7) is 15.2. The Morgan fingerprint density at radius 1 is 0.884 bits per heavy atom. The number of halogens is 1. The number of benzene rings is 2. The van der Waals surface area contributed by atoms with Gasteiger partial charge in [-0.25, -0.2) is 9.18 Å². The van der Waals surface area contributed by atoms with E-state index in [0.717, 1.165) is 70.8 Å². The van der Waals surface area contributed by atoms with Crippen molar-refractivity contribution in [3.05, 3.63) is 82.4 Å². The molecule has 0 unspecified atom stereocenters. The first-order valence-electron chi connectivity index (χ1n) is 15.2. The Hall–Kier alpha value is -3.94. The summed E-state index contributed by atoms with van der Waals surface area (Å²) in [5.74, 6) is -0.572. The standard InChI is InChI=1S/C35H44FN3O4/c1-7-42-31(40)21-30-24(3)37-25(4)32(33(30)38-19-17-35(5,6)18-20-38)28-13-9-26(10-14-28)22-39(34(41)43-8-2)23-27-11-15-29(36)16-12-27/h9-16H,7-8,17-23H2,1-6H3. The molecule has 1 fully saturated rings. The van der Waals surface area contributed by atoms with Crippen LogP contribution in [0.25, 0.3) is 11.1 Å². The highest BCUT2D eigenvalue weighted by atomic mass is 19.1. The van der Waals surface area contributed by atoms with E-state index in [4.69, 9.17) is 14.5 Å². The molecule has 1 amide bonds. The number of aryl methyl sites for hydroxylation is 2. The summed E-state index contributed by atoms with van der Waals surface area (Å²) in [6, 6.07) is 14.3. The molecule has 0 radical (unpaired) electrons. The molecule has 8 heteroatoms. The Morgan fingerprint density at radius 2 is 1.44 bits per heavy atom. The fraction of sp³-hybridized carbons (Fsp3) is 0.457. The minimum Gasteiger partial charge on any atom is -0.466 e. The number of amides is 1. The van der Waals surface area contributed by atoms with Gasteiger partial charge in [0.1, 0.15) is 5.82 Å². The number of esters is 1. The van der Waals surface area contributed by atoms with Crippen LogP contribution in [0.15, 0.2) is 48.5 Å². The normalized spacial score (nSPS) is 14.3. The van der Waals surface area contributed by atoms with E-state index in [1.54, 1.807) is 24.0 Å². The van der Waals surface area contributed by atoms with Crippen LogP contribution in [0.1, 0.15) is 68.6 Å². The van der Waals surface area contributed by atoms with E-state index in [0.29, 0.717) is 19.7 Å². The maximum Gasteiger partial charge on any atom is 0.410 e. The predicted octanol–water partition coefficient (Wildman–Crippen LogP) is 7.40. The molecule has 2 heterocycles. The molecule has 0 saturated carbocycles. The minimum atomic E-state index is -0.423. The summed E-state index contributed by atoms with van der Waals surface area (Å²) in [6.07, 6.45) is 1.86. The Kier molecular flexibility index (Phi) is 10.4. The second-order valence-electron chi connectivity index (χ2n) is 12.0. The summed E-state index contributed by atoms with van der Waals surface area (Å²) in [7, 11) is 0. The molecule has 7 nitrogen and oxygen atoms in total. The molecule has 3 aromatic rings. The van der Waals surface area contributed by atoms with Crippen molar-refractivity contribution in [2.24, 2.45) is 5.41 Å². The fourth-order valence-corrected chi connectivity index (χ4v) is 5.67. The lowest BCUT2D eigenvalue weighted by atomic mass is 9.82. The van der Waals surface area contributed by atoms with Crippen LogP contribution in [0.5, 0.6) is 0 Å². The van der Waals surface area contributed by atoms with Gasteiger partial charge in [-0.05, 0) is 74.8 Å². The molecule has 4 rings (SSSR count). The summed E-state index contributed by atoms with van der Waals surface area (Å²) in [4.78, 5) is 34.4. The number of pyridine rings is 1. The Bertz CT molecular complexity index is 1410. The van der Waals surface area contributed by atoms with E-state index in [9.17, 15) is 14.0 Å². The number of ether oxygens (including phenoxy) is 2. The molecule has 1 aliphatic rings. The first-order valence-corrected chi connectivity index (χ1v) is 15.2. The SMILES string of the molecule is CCOC(=O)Cc1c(C)nc(C)c(-c2ccc(CN(Cc3ccc(F)cc3)C(=O)OCC)cc2)c1N1CCC(C)(C)CC1. The Balaban J connectivity index is 1.69. The van der Waals surface area contributed by atoms with Crippen molar-refractivity contribution in [2.45, 2.75) is 73.9 Å². The van der Waals surface area contributed by atoms with Crippen LogP contribution in [0.2, 0.25) is 0 Å². The van der Waals surface area contributed by atoms with Crippen molar-refractivity contribution in [3.8, 4) is 11.1 Å². The van der Waals surface area contributed by atoms with Crippen LogP contribution in [0.3, 0.4) is 0 Å². The lowest BCUT2D eigenvalue weighted by Crippen LogP contribution is -2.38. The number of nitrogens with zero attached hydrogens (tertiary/aromatic N) is 3. The zero-order valence-electron chi connectivity index (χ0n) is 26.3. The van der Waals surface area contributed by atoms with Crippen LogP contribution in [-0.2, 0) is 33.8 Å². The van der Waals surface area contributed by atoms with Crippen molar-refractivity contribution in [1.29, 1.82) is 0 Å². The molecular formula is C35H44FN3O4. The molecule has 1 aliphatic heterocycles. The number of anilines is 1. The highest BCUT2D eigenvalue weighted by molar-refractivity contribution is 5.86. The maximum atomic E-state index is 13.4. The molecule has 1 aromatic heterocycles. The van der Waals surface area contributed by atoms with E-state index in [1.165, 1.54) is 12.1 Å². The van der Waals surface area contributed by atoms with Gasteiger partial charge in [0.25, 0.3) is 0 Å². The molecule has 0 aliphatic carbocycles. The van der Waals surface area contributed by atoms with Crippen molar-refractivity contribution < 1.29 is 23.5 Å². The summed E-state index contributed by atoms with van der Waals surface area (Å²) >= 11 is 0. The third-order valence-electron chi connectivity index (χ3n) is 8.15. The second-order valence-corrected chi connectivity index (χ2v) is 12.0. The summed E-state index contributed by atoms with van der Waals surface area (Å²) in [5.41, 5.74) is 7.76. The number of rotatable bonds is 10. The molecule has 43 heavy (non-hydrogen) atoms. The zero-order valence-corrected chi connectivity index (χ0v) is 26.3. The van der Waals surface area contributed by atoms with Gasteiger partial charge in [0.2, 0.25) is 0 Å². The van der Waals surface area contributed by atoms with Gasteiger partial charge in [0.15, 0.2) is 0 Å². The molecule has 0 N–H and O–H groups in total. The molecule has 2 aromatic carbocycles. The highest BCUT2D eigenvalue weighted by Gasteiger charge is 2.30. The molecule has 0 bridgehead atoms. The first kappa shape index (κ1) is 32.0. The minimum absolute atomic E-state index is 0.172. The molecule has 1 saturated heterocycles. The largest absolute Gasteiger partial charge is 0.466 e. The van der Waals surface area contributed by atoms with Gasteiger partial charge < -0.3 is 14.4 Å². The fourth-order valence-electron chi connectivity index (χ4n) is 5.67. The monoisotopic (exact) mass is 589 g/mol. The molecule has 230 valence electrons. The van der Waals surface area contributed by atoms with Crippen LogP contribution in [-0.4, -0.2) is 48.2 Å². The quantitative estimate of drug-likeness (QED) is 0.230. The number of hydrogen-bond donors (Lipinski definition) is 0. The van der Waals surface area contributed by atoms with Gasteiger partial charge in [0.05, 0.1) is 25.3 Å². The number of piperidine rings is 1. The average Bonchev–Trinajstić information content (AvgIpc) is 2.96. The topological polar surface area (TPSA) is 72.0 Å². The number of hydrogen-bond acceptors (Lipinski definition) is 6. The van der Waals surface area contributed by atoms with E-state index >= 15 is 0 Å². The van der Waals surface area contributed by atoms with Crippen molar-refractivity contribution in [2.75, 3.05) is 31.2 Å². The van der Waals surface area contributed by atoms with Crippen LogP contribution in [0.4, 0.5) is 14.9 Å².